The highest BCUT2D eigenvalue weighted by molar-refractivity contribution is 6.30. The molecule has 2 aromatic heterocycles. The van der Waals surface area contributed by atoms with Crippen LogP contribution in [0.25, 0.3) is 10.9 Å². The maximum atomic E-state index is 12.2. The molecule has 4 rings (SSSR count). The van der Waals surface area contributed by atoms with Gasteiger partial charge < -0.3 is 10.3 Å². The Bertz CT molecular complexity index is 1080. The molecular weight excluding hydrogens is 372 g/mol. The fraction of sp³-hybridized carbons (Fsp3) is 0.182. The molecule has 2 N–H and O–H groups in total. The molecule has 0 aliphatic rings. The van der Waals surface area contributed by atoms with Crippen molar-refractivity contribution in [2.45, 2.75) is 25.8 Å². The average molecular weight is 393 g/mol. The Kier molecular flexibility index (Phi) is 5.44. The maximum absolute atomic E-state index is 12.2. The summed E-state index contributed by atoms with van der Waals surface area (Å²) in [6.45, 7) is 0.633. The van der Waals surface area contributed by atoms with Gasteiger partial charge in [-0.1, -0.05) is 41.9 Å². The van der Waals surface area contributed by atoms with Gasteiger partial charge in [0.25, 0.3) is 0 Å². The molecule has 0 atom stereocenters. The van der Waals surface area contributed by atoms with Crippen molar-refractivity contribution in [1.82, 2.24) is 14.8 Å². The predicted molar refractivity (Wildman–Crippen MR) is 113 cm³/mol. The summed E-state index contributed by atoms with van der Waals surface area (Å²) in [5.41, 5.74) is 3.48. The molecular formula is C22H21ClN4O. The quantitative estimate of drug-likeness (QED) is 0.463. The van der Waals surface area contributed by atoms with Crippen LogP contribution < -0.4 is 5.32 Å². The number of halogens is 1. The standard InChI is InChI=1S/C22H21ClN4O/c23-18-10-8-16(9-11-18)15-27-13-12-21(26-27)25-22(28)7-3-4-17-14-24-20-6-2-1-5-19(17)20/h1-2,5-6,8-14,24H,3-4,7,15H2,(H,25,26,28). The van der Waals surface area contributed by atoms with E-state index in [1.54, 1.807) is 4.68 Å². The van der Waals surface area contributed by atoms with Gasteiger partial charge >= 0.3 is 0 Å². The smallest absolute Gasteiger partial charge is 0.225 e. The summed E-state index contributed by atoms with van der Waals surface area (Å²) >= 11 is 5.91. The van der Waals surface area contributed by atoms with Crippen LogP contribution in [-0.4, -0.2) is 20.7 Å². The zero-order valence-electron chi connectivity index (χ0n) is 15.4. The molecule has 0 fully saturated rings. The fourth-order valence-electron chi connectivity index (χ4n) is 3.28. The number of hydrogen-bond donors (Lipinski definition) is 2. The van der Waals surface area contributed by atoms with Crippen molar-refractivity contribution in [3.05, 3.63) is 83.1 Å². The van der Waals surface area contributed by atoms with Gasteiger partial charge in [0.1, 0.15) is 0 Å². The molecule has 0 bridgehead atoms. The van der Waals surface area contributed by atoms with Gasteiger partial charge in [0.05, 0.1) is 6.54 Å². The summed E-state index contributed by atoms with van der Waals surface area (Å²) in [6.07, 6.45) is 6.00. The van der Waals surface area contributed by atoms with E-state index < -0.39 is 0 Å². The lowest BCUT2D eigenvalue weighted by molar-refractivity contribution is -0.116. The second-order valence-electron chi connectivity index (χ2n) is 6.79. The minimum absolute atomic E-state index is 0.0171. The number of hydrogen-bond acceptors (Lipinski definition) is 2. The van der Waals surface area contributed by atoms with Gasteiger partial charge in [0.15, 0.2) is 5.82 Å². The maximum Gasteiger partial charge on any atom is 0.225 e. The van der Waals surface area contributed by atoms with E-state index in [2.05, 4.69) is 27.5 Å². The molecule has 5 nitrogen and oxygen atoms in total. The monoisotopic (exact) mass is 392 g/mol. The average Bonchev–Trinajstić information content (AvgIpc) is 3.31. The van der Waals surface area contributed by atoms with Crippen LogP contribution in [0, 0.1) is 0 Å². The van der Waals surface area contributed by atoms with Gasteiger partial charge in [-0.2, -0.15) is 5.10 Å². The van der Waals surface area contributed by atoms with Crippen molar-refractivity contribution in [3.8, 4) is 0 Å². The van der Waals surface area contributed by atoms with E-state index >= 15 is 0 Å². The predicted octanol–water partition coefficient (Wildman–Crippen LogP) is 5.03. The van der Waals surface area contributed by atoms with Gasteiger partial charge in [-0.3, -0.25) is 9.48 Å². The number of aryl methyl sites for hydroxylation is 1. The molecule has 6 heteroatoms. The van der Waals surface area contributed by atoms with Crippen LogP contribution in [-0.2, 0) is 17.8 Å². The number of aromatic nitrogens is 3. The summed E-state index contributed by atoms with van der Waals surface area (Å²) in [5, 5.41) is 9.23. The zero-order valence-corrected chi connectivity index (χ0v) is 16.1. The van der Waals surface area contributed by atoms with Crippen LogP contribution in [0.3, 0.4) is 0 Å². The van der Waals surface area contributed by atoms with Crippen molar-refractivity contribution < 1.29 is 4.79 Å². The number of aromatic amines is 1. The van der Waals surface area contributed by atoms with Crippen LogP contribution in [0.1, 0.15) is 24.0 Å². The largest absolute Gasteiger partial charge is 0.361 e. The highest BCUT2D eigenvalue weighted by Crippen LogP contribution is 2.19. The first-order valence-corrected chi connectivity index (χ1v) is 9.68. The summed E-state index contributed by atoms with van der Waals surface area (Å²) in [7, 11) is 0. The van der Waals surface area contributed by atoms with Crippen molar-refractivity contribution in [2.75, 3.05) is 5.32 Å². The Hall–Kier alpha value is -3.05. The van der Waals surface area contributed by atoms with Gasteiger partial charge in [-0.25, -0.2) is 0 Å². The Morgan fingerprint density at radius 2 is 1.93 bits per heavy atom. The lowest BCUT2D eigenvalue weighted by atomic mass is 10.1. The van der Waals surface area contributed by atoms with E-state index in [0.717, 1.165) is 23.9 Å². The number of nitrogens with zero attached hydrogens (tertiary/aromatic N) is 2. The first kappa shape index (κ1) is 18.3. The number of anilines is 1. The van der Waals surface area contributed by atoms with E-state index in [9.17, 15) is 4.79 Å². The Labute approximate surface area is 168 Å². The Morgan fingerprint density at radius 3 is 2.79 bits per heavy atom. The summed E-state index contributed by atoms with van der Waals surface area (Å²) in [4.78, 5) is 15.5. The number of para-hydroxylation sites is 1. The highest BCUT2D eigenvalue weighted by Gasteiger charge is 2.08. The molecule has 0 saturated heterocycles. The number of rotatable bonds is 7. The summed E-state index contributed by atoms with van der Waals surface area (Å²) in [6, 6.07) is 17.7. The molecule has 142 valence electrons. The lowest BCUT2D eigenvalue weighted by Crippen LogP contribution is -2.12. The van der Waals surface area contributed by atoms with Crippen molar-refractivity contribution >= 4 is 34.2 Å². The van der Waals surface area contributed by atoms with E-state index in [1.165, 1.54) is 10.9 Å². The normalized spacial score (nSPS) is 11.0. The molecule has 0 aliphatic carbocycles. The molecule has 28 heavy (non-hydrogen) atoms. The number of benzene rings is 2. The number of H-pyrrole nitrogens is 1. The first-order valence-electron chi connectivity index (χ1n) is 9.30. The molecule has 1 amide bonds. The van der Waals surface area contributed by atoms with Crippen LogP contribution in [0.4, 0.5) is 5.82 Å². The van der Waals surface area contributed by atoms with Crippen LogP contribution in [0.2, 0.25) is 5.02 Å². The van der Waals surface area contributed by atoms with E-state index in [-0.39, 0.29) is 5.91 Å². The second kappa shape index (κ2) is 8.31. The molecule has 0 aliphatic heterocycles. The van der Waals surface area contributed by atoms with Crippen molar-refractivity contribution in [1.29, 1.82) is 0 Å². The third-order valence-corrected chi connectivity index (χ3v) is 4.94. The number of carbonyl (C=O) groups excluding carboxylic acids is 1. The first-order chi connectivity index (χ1) is 13.7. The van der Waals surface area contributed by atoms with Crippen LogP contribution >= 0.6 is 11.6 Å². The number of fused-ring (bicyclic) bond motifs is 1. The minimum atomic E-state index is -0.0171. The van der Waals surface area contributed by atoms with Crippen LogP contribution in [0.15, 0.2) is 67.0 Å². The molecule has 0 saturated carbocycles. The van der Waals surface area contributed by atoms with E-state index in [4.69, 9.17) is 11.6 Å². The molecule has 0 radical (unpaired) electrons. The fourth-order valence-corrected chi connectivity index (χ4v) is 3.40. The molecule has 0 spiro atoms. The van der Waals surface area contributed by atoms with Gasteiger partial charge in [-0.05, 0) is 42.2 Å². The van der Waals surface area contributed by atoms with Gasteiger partial charge in [-0.15, -0.1) is 0 Å². The third-order valence-electron chi connectivity index (χ3n) is 4.69. The van der Waals surface area contributed by atoms with Crippen LogP contribution in [0.5, 0.6) is 0 Å². The number of carbonyl (C=O) groups is 1. The molecule has 4 aromatic rings. The minimum Gasteiger partial charge on any atom is -0.361 e. The van der Waals surface area contributed by atoms with Crippen molar-refractivity contribution in [3.63, 3.8) is 0 Å². The third kappa shape index (κ3) is 4.43. The van der Waals surface area contributed by atoms with E-state index in [0.29, 0.717) is 23.8 Å². The lowest BCUT2D eigenvalue weighted by Gasteiger charge is -2.04. The highest BCUT2D eigenvalue weighted by atomic mass is 35.5. The van der Waals surface area contributed by atoms with Crippen molar-refractivity contribution in [2.24, 2.45) is 0 Å². The Balaban J connectivity index is 1.27. The Morgan fingerprint density at radius 1 is 1.11 bits per heavy atom. The SMILES string of the molecule is O=C(CCCc1c[nH]c2ccccc12)Nc1ccn(Cc2ccc(Cl)cc2)n1. The van der Waals surface area contributed by atoms with E-state index in [1.807, 2.05) is 54.9 Å². The summed E-state index contributed by atoms with van der Waals surface area (Å²) < 4.78 is 1.80. The summed E-state index contributed by atoms with van der Waals surface area (Å²) in [5.74, 6) is 0.558. The second-order valence-corrected chi connectivity index (χ2v) is 7.22. The molecule has 2 aromatic carbocycles. The van der Waals surface area contributed by atoms with Gasteiger partial charge in [0, 0.05) is 40.8 Å². The zero-order chi connectivity index (χ0) is 19.3. The number of nitrogens with one attached hydrogen (secondary N) is 2. The van der Waals surface area contributed by atoms with Gasteiger partial charge in [0.2, 0.25) is 5.91 Å². The topological polar surface area (TPSA) is 62.7 Å². The number of amides is 1. The molecule has 2 heterocycles. The molecule has 0 unspecified atom stereocenters.